The minimum Gasteiger partial charge on any atom is -0.382 e. The summed E-state index contributed by atoms with van der Waals surface area (Å²) in [5, 5.41) is 11.6. The number of Topliss-reactive ketones (excluding diaryl/α,β-unsaturated/α-hetero) is 1. The number of nitrogens with zero attached hydrogens (tertiary/aromatic N) is 2. The average molecular weight is 465 g/mol. The van der Waals surface area contributed by atoms with Gasteiger partial charge in [0, 0.05) is 49.9 Å². The van der Waals surface area contributed by atoms with Crippen LogP contribution < -0.4 is 0 Å². The molecule has 0 saturated carbocycles. The number of hydrogen-bond acceptors (Lipinski definition) is 5. The third-order valence-electron chi connectivity index (χ3n) is 6.73. The van der Waals surface area contributed by atoms with Crippen LogP contribution in [0.25, 0.3) is 0 Å². The number of likely N-dealkylation sites (tertiary alicyclic amines) is 1. The summed E-state index contributed by atoms with van der Waals surface area (Å²) in [6.07, 6.45) is 1.57. The zero-order valence-corrected chi connectivity index (χ0v) is 19.0. The summed E-state index contributed by atoms with van der Waals surface area (Å²) in [4.78, 5) is 19.4. The highest BCUT2D eigenvalue weighted by Gasteiger charge is 2.53. The third kappa shape index (κ3) is 4.19. The highest BCUT2D eigenvalue weighted by atomic mass is 35.5. The number of carbonyl (C=O) groups excluding carboxylic acids is 1. The van der Waals surface area contributed by atoms with E-state index in [9.17, 15) is 14.3 Å². The number of benzene rings is 1. The lowest BCUT2D eigenvalue weighted by atomic mass is 9.71. The second kappa shape index (κ2) is 8.45. The van der Waals surface area contributed by atoms with Crippen molar-refractivity contribution >= 4 is 17.4 Å². The van der Waals surface area contributed by atoms with Crippen molar-refractivity contribution in [3.8, 4) is 0 Å². The van der Waals surface area contributed by atoms with Gasteiger partial charge in [-0.1, -0.05) is 23.7 Å². The molecular weight excluding hydrogens is 438 g/mol. The van der Waals surface area contributed by atoms with Crippen LogP contribution in [0.15, 0.2) is 36.5 Å². The molecule has 32 heavy (non-hydrogen) atoms. The van der Waals surface area contributed by atoms with E-state index in [2.05, 4.69) is 4.98 Å². The minimum atomic E-state index is -2.24. The predicted octanol–water partition coefficient (Wildman–Crippen LogP) is 3.94. The van der Waals surface area contributed by atoms with Crippen LogP contribution >= 0.6 is 11.6 Å². The molecule has 172 valence electrons. The molecule has 1 aromatic carbocycles. The highest BCUT2D eigenvalue weighted by Crippen LogP contribution is 2.47. The lowest BCUT2D eigenvalue weighted by Crippen LogP contribution is -2.64. The summed E-state index contributed by atoms with van der Waals surface area (Å²) in [5.41, 5.74) is -2.91. The SMILES string of the molecule is COC1(C)CN(C[C@]2(O)CC[C@@](F)(C(=O)CCc3ccc(F)cc3Cl)c3cccnc32)C1. The Hall–Kier alpha value is -1.93. The summed E-state index contributed by atoms with van der Waals surface area (Å²) in [7, 11) is 1.66. The van der Waals surface area contributed by atoms with Crippen LogP contribution in [0, 0.1) is 5.82 Å². The molecule has 1 saturated heterocycles. The molecule has 0 unspecified atom stereocenters. The van der Waals surface area contributed by atoms with Gasteiger partial charge < -0.3 is 9.84 Å². The van der Waals surface area contributed by atoms with Crippen molar-refractivity contribution in [1.82, 2.24) is 9.88 Å². The number of halogens is 3. The van der Waals surface area contributed by atoms with Gasteiger partial charge in [-0.2, -0.15) is 0 Å². The molecule has 0 spiro atoms. The summed E-state index contributed by atoms with van der Waals surface area (Å²) in [6.45, 7) is 3.61. The van der Waals surface area contributed by atoms with Gasteiger partial charge in [-0.15, -0.1) is 0 Å². The lowest BCUT2D eigenvalue weighted by Gasteiger charge is -2.50. The van der Waals surface area contributed by atoms with Gasteiger partial charge in [0.1, 0.15) is 11.4 Å². The number of alkyl halides is 1. The summed E-state index contributed by atoms with van der Waals surface area (Å²) in [6, 6.07) is 7.06. The molecule has 8 heteroatoms. The van der Waals surface area contributed by atoms with E-state index in [0.717, 1.165) is 0 Å². The number of β-amino-alcohol motifs (C(OH)–C–C–N with tert-alkyl or cyclic N) is 1. The van der Waals surface area contributed by atoms with E-state index in [1.807, 2.05) is 11.8 Å². The predicted molar refractivity (Wildman–Crippen MR) is 117 cm³/mol. The Morgan fingerprint density at radius 2 is 2.06 bits per heavy atom. The Morgan fingerprint density at radius 1 is 1.31 bits per heavy atom. The van der Waals surface area contributed by atoms with Gasteiger partial charge >= 0.3 is 0 Å². The lowest BCUT2D eigenvalue weighted by molar-refractivity contribution is -0.146. The Balaban J connectivity index is 1.53. The number of hydrogen-bond donors (Lipinski definition) is 1. The average Bonchev–Trinajstić information content (AvgIpc) is 2.75. The van der Waals surface area contributed by atoms with Gasteiger partial charge in [-0.25, -0.2) is 8.78 Å². The molecule has 5 nitrogen and oxygen atoms in total. The topological polar surface area (TPSA) is 62.7 Å². The second-order valence-electron chi connectivity index (χ2n) is 9.19. The van der Waals surface area contributed by atoms with Crippen molar-refractivity contribution in [2.45, 2.75) is 49.5 Å². The monoisotopic (exact) mass is 464 g/mol. The Kier molecular flexibility index (Phi) is 6.13. The highest BCUT2D eigenvalue weighted by molar-refractivity contribution is 6.31. The number of rotatable bonds is 7. The first-order valence-corrected chi connectivity index (χ1v) is 11.1. The van der Waals surface area contributed by atoms with Gasteiger partial charge in [0.15, 0.2) is 11.5 Å². The molecule has 4 rings (SSSR count). The summed E-state index contributed by atoms with van der Waals surface area (Å²) >= 11 is 6.05. The van der Waals surface area contributed by atoms with Crippen LogP contribution in [0.5, 0.6) is 0 Å². The van der Waals surface area contributed by atoms with Crippen molar-refractivity contribution in [2.24, 2.45) is 0 Å². The number of ketones is 1. The van der Waals surface area contributed by atoms with Crippen molar-refractivity contribution in [2.75, 3.05) is 26.7 Å². The van der Waals surface area contributed by atoms with Gasteiger partial charge in [0.05, 0.1) is 11.3 Å². The molecule has 1 aliphatic carbocycles. The maximum Gasteiger partial charge on any atom is 0.195 e. The molecule has 1 aliphatic heterocycles. The molecule has 2 heterocycles. The van der Waals surface area contributed by atoms with Crippen LogP contribution in [0.3, 0.4) is 0 Å². The zero-order chi connectivity index (χ0) is 23.1. The number of aromatic nitrogens is 1. The van der Waals surface area contributed by atoms with Crippen molar-refractivity contribution in [1.29, 1.82) is 0 Å². The normalized spacial score (nSPS) is 26.9. The van der Waals surface area contributed by atoms with Gasteiger partial charge in [0.2, 0.25) is 0 Å². The second-order valence-corrected chi connectivity index (χ2v) is 9.60. The number of methoxy groups -OCH3 is 1. The van der Waals surface area contributed by atoms with Gasteiger partial charge in [-0.3, -0.25) is 14.7 Å². The molecule has 0 bridgehead atoms. The number of pyridine rings is 1. The summed E-state index contributed by atoms with van der Waals surface area (Å²) < 4.78 is 34.9. The maximum atomic E-state index is 16.2. The standard InChI is InChI=1S/C24H27ClF2N2O3/c1-22(32-2)13-29(14-22)15-23(31)9-10-24(27,18-4-3-11-28-21(18)23)20(30)8-6-16-5-7-17(26)12-19(16)25/h3-5,7,11-12,31H,6,8-10,13-15H2,1-2H3/t23-,24+/m1/s1. The fraction of sp³-hybridized carbons (Fsp3) is 0.500. The smallest absolute Gasteiger partial charge is 0.195 e. The summed E-state index contributed by atoms with van der Waals surface area (Å²) in [5.74, 6) is -1.06. The number of carbonyl (C=O) groups is 1. The van der Waals surface area contributed by atoms with Crippen LogP contribution in [0.1, 0.15) is 43.0 Å². The molecule has 0 amide bonds. The number of ether oxygens (including phenoxy) is 1. The van der Waals surface area contributed by atoms with E-state index in [4.69, 9.17) is 16.3 Å². The molecule has 1 N–H and O–H groups in total. The molecule has 2 atom stereocenters. The van der Waals surface area contributed by atoms with Crippen molar-refractivity contribution in [3.63, 3.8) is 0 Å². The third-order valence-corrected chi connectivity index (χ3v) is 7.08. The van der Waals surface area contributed by atoms with E-state index in [0.29, 0.717) is 25.2 Å². The van der Waals surface area contributed by atoms with Crippen LogP contribution in [-0.4, -0.2) is 53.1 Å². The quantitative estimate of drug-likeness (QED) is 0.672. The van der Waals surface area contributed by atoms with Crippen LogP contribution in [0.2, 0.25) is 5.02 Å². The van der Waals surface area contributed by atoms with Crippen molar-refractivity contribution in [3.05, 3.63) is 64.2 Å². The largest absolute Gasteiger partial charge is 0.382 e. The molecule has 1 aromatic heterocycles. The maximum absolute atomic E-state index is 16.2. The number of fused-ring (bicyclic) bond motifs is 1. The first-order chi connectivity index (χ1) is 15.1. The first-order valence-electron chi connectivity index (χ1n) is 10.7. The minimum absolute atomic E-state index is 0.0801. The molecule has 2 aliphatic rings. The molecule has 0 radical (unpaired) electrons. The Bertz CT molecular complexity index is 1030. The molecule has 1 fully saturated rings. The van der Waals surface area contributed by atoms with Crippen LogP contribution in [-0.2, 0) is 27.2 Å². The van der Waals surface area contributed by atoms with E-state index >= 15 is 4.39 Å². The Morgan fingerprint density at radius 3 is 2.75 bits per heavy atom. The van der Waals surface area contributed by atoms with E-state index < -0.39 is 22.9 Å². The molecule has 2 aromatic rings. The zero-order valence-electron chi connectivity index (χ0n) is 18.2. The number of aryl methyl sites for hydroxylation is 1. The van der Waals surface area contributed by atoms with Crippen LogP contribution in [0.4, 0.5) is 8.78 Å². The fourth-order valence-corrected chi connectivity index (χ4v) is 5.11. The molecular formula is C24H27ClF2N2O3. The number of aliphatic hydroxyl groups is 1. The Labute approximate surface area is 191 Å². The van der Waals surface area contributed by atoms with E-state index in [1.165, 1.54) is 30.5 Å². The van der Waals surface area contributed by atoms with E-state index in [-0.39, 0.29) is 47.6 Å². The van der Waals surface area contributed by atoms with Gasteiger partial charge in [0.25, 0.3) is 0 Å². The first kappa shape index (κ1) is 23.2. The fourth-order valence-electron chi connectivity index (χ4n) is 4.85. The van der Waals surface area contributed by atoms with Crippen molar-refractivity contribution < 1.29 is 23.4 Å². The van der Waals surface area contributed by atoms with Gasteiger partial charge in [-0.05, 0) is 49.9 Å². The van der Waals surface area contributed by atoms with E-state index in [1.54, 1.807) is 13.2 Å².